The lowest BCUT2D eigenvalue weighted by Crippen LogP contribution is -2.26. The predicted molar refractivity (Wildman–Crippen MR) is 84.4 cm³/mol. The van der Waals surface area contributed by atoms with Crippen molar-refractivity contribution in [2.45, 2.75) is 13.3 Å². The third-order valence-electron chi connectivity index (χ3n) is 3.28. The molecule has 0 aliphatic rings. The molecule has 2 rings (SSSR count). The number of carbonyl (C=O) groups excluding carboxylic acids is 1. The SMILES string of the molecule is CCc1ccc(N(C)C(=O)c2ccc(N)c(Cl)c2)cc1. The number of hydrogen-bond acceptors (Lipinski definition) is 2. The van der Waals surface area contributed by atoms with Crippen LogP contribution in [0.2, 0.25) is 5.02 Å². The Morgan fingerprint density at radius 3 is 2.40 bits per heavy atom. The van der Waals surface area contributed by atoms with Crippen molar-refractivity contribution in [2.75, 3.05) is 17.7 Å². The van der Waals surface area contributed by atoms with Crippen molar-refractivity contribution in [3.05, 3.63) is 58.6 Å². The maximum Gasteiger partial charge on any atom is 0.258 e. The van der Waals surface area contributed by atoms with Gasteiger partial charge in [-0.25, -0.2) is 0 Å². The van der Waals surface area contributed by atoms with Crippen molar-refractivity contribution < 1.29 is 4.79 Å². The number of anilines is 2. The molecule has 2 aromatic carbocycles. The molecule has 0 aliphatic carbocycles. The zero-order valence-electron chi connectivity index (χ0n) is 11.6. The minimum absolute atomic E-state index is 0.115. The Balaban J connectivity index is 2.24. The van der Waals surface area contributed by atoms with Crippen molar-refractivity contribution >= 4 is 28.9 Å². The average Bonchev–Trinajstić information content (AvgIpc) is 2.48. The van der Waals surface area contributed by atoms with E-state index in [-0.39, 0.29) is 5.91 Å². The lowest BCUT2D eigenvalue weighted by atomic mass is 10.1. The van der Waals surface area contributed by atoms with Crippen LogP contribution in [0.5, 0.6) is 0 Å². The summed E-state index contributed by atoms with van der Waals surface area (Å²) in [4.78, 5) is 14.0. The number of nitrogens with zero attached hydrogens (tertiary/aromatic N) is 1. The number of halogens is 1. The first-order valence-corrected chi connectivity index (χ1v) is 6.82. The van der Waals surface area contributed by atoms with Crippen LogP contribution in [-0.2, 0) is 6.42 Å². The van der Waals surface area contributed by atoms with E-state index in [1.807, 2.05) is 24.3 Å². The minimum Gasteiger partial charge on any atom is -0.398 e. The van der Waals surface area contributed by atoms with Gasteiger partial charge in [-0.2, -0.15) is 0 Å². The van der Waals surface area contributed by atoms with Crippen molar-refractivity contribution in [1.82, 2.24) is 0 Å². The second-order valence-corrected chi connectivity index (χ2v) is 5.03. The van der Waals surface area contributed by atoms with Crippen LogP contribution in [0.25, 0.3) is 0 Å². The van der Waals surface area contributed by atoms with E-state index in [9.17, 15) is 4.79 Å². The van der Waals surface area contributed by atoms with Gasteiger partial charge < -0.3 is 10.6 Å². The Morgan fingerprint density at radius 2 is 1.85 bits per heavy atom. The number of amides is 1. The molecule has 0 unspecified atom stereocenters. The fraction of sp³-hybridized carbons (Fsp3) is 0.188. The zero-order valence-corrected chi connectivity index (χ0v) is 12.3. The Morgan fingerprint density at radius 1 is 1.20 bits per heavy atom. The summed E-state index contributed by atoms with van der Waals surface area (Å²) in [5, 5.41) is 0.394. The molecular formula is C16H17ClN2O. The first-order valence-electron chi connectivity index (χ1n) is 6.45. The summed E-state index contributed by atoms with van der Waals surface area (Å²) < 4.78 is 0. The van der Waals surface area contributed by atoms with E-state index in [2.05, 4.69) is 6.92 Å². The van der Waals surface area contributed by atoms with Crippen LogP contribution in [0.3, 0.4) is 0 Å². The summed E-state index contributed by atoms with van der Waals surface area (Å²) in [7, 11) is 1.74. The van der Waals surface area contributed by atoms with E-state index in [0.29, 0.717) is 16.3 Å². The molecule has 4 heteroatoms. The highest BCUT2D eigenvalue weighted by atomic mass is 35.5. The van der Waals surface area contributed by atoms with E-state index >= 15 is 0 Å². The molecule has 2 aromatic rings. The van der Waals surface area contributed by atoms with E-state index in [4.69, 9.17) is 17.3 Å². The molecule has 0 saturated heterocycles. The number of benzene rings is 2. The zero-order chi connectivity index (χ0) is 14.7. The molecule has 0 atom stereocenters. The molecule has 0 fully saturated rings. The van der Waals surface area contributed by atoms with Crippen molar-refractivity contribution in [1.29, 1.82) is 0 Å². The Kier molecular flexibility index (Phi) is 4.30. The minimum atomic E-state index is -0.115. The Labute approximate surface area is 124 Å². The molecule has 0 radical (unpaired) electrons. The Bertz CT molecular complexity index is 623. The van der Waals surface area contributed by atoms with Gasteiger partial charge in [0.15, 0.2) is 0 Å². The fourth-order valence-corrected chi connectivity index (χ4v) is 2.11. The van der Waals surface area contributed by atoms with Gasteiger partial charge >= 0.3 is 0 Å². The van der Waals surface area contributed by atoms with Gasteiger partial charge in [-0.15, -0.1) is 0 Å². The summed E-state index contributed by atoms with van der Waals surface area (Å²) in [6.45, 7) is 2.10. The van der Waals surface area contributed by atoms with Gasteiger partial charge in [0, 0.05) is 18.3 Å². The summed E-state index contributed by atoms with van der Waals surface area (Å²) in [5.74, 6) is -0.115. The molecule has 20 heavy (non-hydrogen) atoms. The van der Waals surface area contributed by atoms with Gasteiger partial charge in [0.2, 0.25) is 0 Å². The van der Waals surface area contributed by atoms with E-state index < -0.39 is 0 Å². The third kappa shape index (κ3) is 2.94. The molecule has 1 amide bonds. The van der Waals surface area contributed by atoms with Crippen molar-refractivity contribution in [3.8, 4) is 0 Å². The van der Waals surface area contributed by atoms with Crippen LogP contribution in [0, 0.1) is 0 Å². The molecule has 0 aliphatic heterocycles. The van der Waals surface area contributed by atoms with Crippen molar-refractivity contribution in [3.63, 3.8) is 0 Å². The molecule has 2 N–H and O–H groups in total. The van der Waals surface area contributed by atoms with E-state index in [1.54, 1.807) is 30.1 Å². The maximum atomic E-state index is 12.4. The fourth-order valence-electron chi connectivity index (χ4n) is 1.93. The van der Waals surface area contributed by atoms with Gasteiger partial charge in [0.05, 0.1) is 10.7 Å². The van der Waals surface area contributed by atoms with Crippen molar-refractivity contribution in [2.24, 2.45) is 0 Å². The number of rotatable bonds is 3. The summed E-state index contributed by atoms with van der Waals surface area (Å²) in [6.07, 6.45) is 0.978. The summed E-state index contributed by atoms with van der Waals surface area (Å²) in [5.41, 5.74) is 8.73. The standard InChI is InChI=1S/C16H17ClN2O/c1-3-11-4-7-13(8-5-11)19(2)16(20)12-6-9-15(18)14(17)10-12/h4-10H,3,18H2,1-2H3. The van der Waals surface area contributed by atoms with Gasteiger partial charge in [0.25, 0.3) is 5.91 Å². The molecule has 104 valence electrons. The summed E-state index contributed by atoms with van der Waals surface area (Å²) >= 11 is 5.95. The highest BCUT2D eigenvalue weighted by Crippen LogP contribution is 2.22. The van der Waals surface area contributed by atoms with Gasteiger partial charge in [-0.1, -0.05) is 30.7 Å². The monoisotopic (exact) mass is 288 g/mol. The number of aryl methyl sites for hydroxylation is 1. The van der Waals surface area contributed by atoms with Gasteiger partial charge in [-0.05, 0) is 42.3 Å². The van der Waals surface area contributed by atoms with Crippen LogP contribution >= 0.6 is 11.6 Å². The van der Waals surface area contributed by atoms with Crippen LogP contribution in [0.4, 0.5) is 11.4 Å². The molecular weight excluding hydrogens is 272 g/mol. The largest absolute Gasteiger partial charge is 0.398 e. The van der Waals surface area contributed by atoms with Gasteiger partial charge in [0.1, 0.15) is 0 Å². The quantitative estimate of drug-likeness (QED) is 0.874. The van der Waals surface area contributed by atoms with E-state index in [0.717, 1.165) is 12.1 Å². The molecule has 0 bridgehead atoms. The first kappa shape index (κ1) is 14.4. The van der Waals surface area contributed by atoms with Crippen LogP contribution in [0.15, 0.2) is 42.5 Å². The number of nitrogen functional groups attached to an aromatic ring is 1. The average molecular weight is 289 g/mol. The van der Waals surface area contributed by atoms with E-state index in [1.165, 1.54) is 5.56 Å². The topological polar surface area (TPSA) is 46.3 Å². The lowest BCUT2D eigenvalue weighted by molar-refractivity contribution is 0.0993. The number of nitrogens with two attached hydrogens (primary N) is 1. The van der Waals surface area contributed by atoms with Crippen LogP contribution < -0.4 is 10.6 Å². The molecule has 0 heterocycles. The number of hydrogen-bond donors (Lipinski definition) is 1. The molecule has 0 saturated carbocycles. The number of carbonyl (C=O) groups is 1. The second kappa shape index (κ2) is 5.97. The highest BCUT2D eigenvalue weighted by molar-refractivity contribution is 6.33. The third-order valence-corrected chi connectivity index (χ3v) is 3.61. The smallest absolute Gasteiger partial charge is 0.258 e. The normalized spacial score (nSPS) is 10.3. The maximum absolute atomic E-state index is 12.4. The van der Waals surface area contributed by atoms with Crippen LogP contribution in [0.1, 0.15) is 22.8 Å². The molecule has 0 spiro atoms. The Hall–Kier alpha value is -2.00. The second-order valence-electron chi connectivity index (χ2n) is 4.62. The molecule has 0 aromatic heterocycles. The lowest BCUT2D eigenvalue weighted by Gasteiger charge is -2.18. The van der Waals surface area contributed by atoms with Gasteiger partial charge in [-0.3, -0.25) is 4.79 Å². The highest BCUT2D eigenvalue weighted by Gasteiger charge is 2.14. The summed E-state index contributed by atoms with van der Waals surface area (Å²) in [6, 6.07) is 12.8. The first-order chi connectivity index (χ1) is 9.52. The predicted octanol–water partition coefficient (Wildman–Crippen LogP) is 3.76. The molecule has 3 nitrogen and oxygen atoms in total. The van der Waals surface area contributed by atoms with Crippen LogP contribution in [-0.4, -0.2) is 13.0 Å².